The Bertz CT molecular complexity index is 501. The Labute approximate surface area is 169 Å². The molecule has 2 rings (SSSR count). The Balaban J connectivity index is 0. The van der Waals surface area contributed by atoms with Crippen LogP contribution < -0.4 is 33.1 Å². The van der Waals surface area contributed by atoms with Crippen LogP contribution in [0, 0.1) is 6.92 Å². The maximum Gasteiger partial charge on any atom is 1.00 e. The van der Waals surface area contributed by atoms with Gasteiger partial charge in [-0.25, -0.2) is 0 Å². The molecule has 1 aromatic rings. The van der Waals surface area contributed by atoms with Gasteiger partial charge in [-0.15, -0.1) is 0 Å². The van der Waals surface area contributed by atoms with Crippen molar-refractivity contribution in [3.8, 4) is 0 Å². The normalized spacial score (nSPS) is 22.5. The molecule has 10 N–H and O–H groups in total. The summed E-state index contributed by atoms with van der Waals surface area (Å²) in [6.07, 6.45) is -5.52. The van der Waals surface area contributed by atoms with Crippen LogP contribution in [-0.2, 0) is 21.8 Å². The molecule has 24 heavy (non-hydrogen) atoms. The first-order valence-electron chi connectivity index (χ1n) is 6.34. The van der Waals surface area contributed by atoms with Gasteiger partial charge in [0.2, 0.25) is 0 Å². The van der Waals surface area contributed by atoms with Gasteiger partial charge >= 0.3 is 159 Å². The van der Waals surface area contributed by atoms with E-state index in [2.05, 4.69) is 0 Å². The Morgan fingerprint density at radius 2 is 1.75 bits per heavy atom. The number of hydrogen-bond donors (Lipinski definition) is 4. The average Bonchev–Trinajstić information content (AvgIpc) is 2.90. The van der Waals surface area contributed by atoms with Crippen molar-refractivity contribution in [2.75, 3.05) is 6.61 Å². The Hall–Kier alpha value is 0.228. The summed E-state index contributed by atoms with van der Waals surface area (Å²) < 4.78 is 12.2. The SMILES string of the molecule is Cc1cc[c]([Sb]2[O]C(CO)C(C(O)C(O)C(=O)O)[O]2)cc1.[Na+].[OH3+].[OH3+]. The number of carbonyl (C=O) groups is 1. The summed E-state index contributed by atoms with van der Waals surface area (Å²) in [5, 5.41) is 37.3. The number of aliphatic hydroxyl groups excluding tert-OH is 3. The Kier molecular flexibility index (Phi) is 13.0. The van der Waals surface area contributed by atoms with E-state index in [9.17, 15) is 20.1 Å². The van der Waals surface area contributed by atoms with Crippen LogP contribution in [0.2, 0.25) is 0 Å². The van der Waals surface area contributed by atoms with Crippen molar-refractivity contribution in [3.05, 3.63) is 29.8 Å². The first-order chi connectivity index (χ1) is 9.93. The molecule has 132 valence electrons. The van der Waals surface area contributed by atoms with Crippen LogP contribution in [0.4, 0.5) is 0 Å². The van der Waals surface area contributed by atoms with Crippen LogP contribution in [0.15, 0.2) is 24.3 Å². The summed E-state index contributed by atoms with van der Waals surface area (Å²) in [5.41, 5.74) is 1.08. The molecule has 1 aromatic carbocycles. The molecule has 4 unspecified atom stereocenters. The van der Waals surface area contributed by atoms with Gasteiger partial charge in [-0.05, 0) is 0 Å². The summed E-state index contributed by atoms with van der Waals surface area (Å²) in [6.45, 7) is 1.53. The molecule has 0 saturated carbocycles. The molecule has 1 saturated heterocycles. The third-order valence-electron chi connectivity index (χ3n) is 3.15. The molecule has 0 aromatic heterocycles. The predicted octanol–water partition coefficient (Wildman–Crippen LogP) is -6.57. The van der Waals surface area contributed by atoms with E-state index >= 15 is 0 Å². The van der Waals surface area contributed by atoms with Crippen molar-refractivity contribution in [1.82, 2.24) is 0 Å². The van der Waals surface area contributed by atoms with Crippen molar-refractivity contribution in [2.24, 2.45) is 0 Å². The van der Waals surface area contributed by atoms with E-state index in [1.165, 1.54) is 0 Å². The van der Waals surface area contributed by atoms with Crippen molar-refractivity contribution < 1.29 is 71.8 Å². The number of benzene rings is 1. The van der Waals surface area contributed by atoms with E-state index in [4.69, 9.17) is 11.1 Å². The number of aliphatic hydroxyl groups is 3. The first kappa shape index (κ1) is 26.5. The van der Waals surface area contributed by atoms with Crippen molar-refractivity contribution in [2.45, 2.75) is 31.3 Å². The quantitative estimate of drug-likeness (QED) is 0.245. The number of carboxylic acid groups (broad SMARTS) is 1. The molecule has 0 bridgehead atoms. The molecule has 1 aliphatic heterocycles. The van der Waals surface area contributed by atoms with Crippen LogP contribution in [0.5, 0.6) is 0 Å². The van der Waals surface area contributed by atoms with E-state index in [0.29, 0.717) is 0 Å². The molecule has 1 heterocycles. The molecule has 0 spiro atoms. The van der Waals surface area contributed by atoms with E-state index in [0.717, 1.165) is 9.07 Å². The van der Waals surface area contributed by atoms with Gasteiger partial charge in [0.1, 0.15) is 0 Å². The maximum absolute atomic E-state index is 10.7. The summed E-state index contributed by atoms with van der Waals surface area (Å²) in [6, 6.07) is 7.51. The van der Waals surface area contributed by atoms with Gasteiger partial charge in [-0.3, -0.25) is 0 Å². The molecule has 4 atom stereocenters. The van der Waals surface area contributed by atoms with Crippen LogP contribution >= 0.6 is 0 Å². The second kappa shape index (κ2) is 11.8. The van der Waals surface area contributed by atoms with Crippen LogP contribution in [-0.4, -0.2) is 78.5 Å². The van der Waals surface area contributed by atoms with Crippen molar-refractivity contribution in [1.29, 1.82) is 0 Å². The van der Waals surface area contributed by atoms with Gasteiger partial charge in [0.15, 0.2) is 0 Å². The monoisotopic (exact) mass is 467 g/mol. The topological polar surface area (TPSA) is 182 Å². The third kappa shape index (κ3) is 6.19. The molecule has 0 aliphatic carbocycles. The summed E-state index contributed by atoms with van der Waals surface area (Å²) in [7, 11) is 0. The fourth-order valence-electron chi connectivity index (χ4n) is 1.92. The van der Waals surface area contributed by atoms with Crippen LogP contribution in [0.3, 0.4) is 0 Å². The van der Waals surface area contributed by atoms with Crippen molar-refractivity contribution >= 4 is 30.5 Å². The summed E-state index contributed by atoms with van der Waals surface area (Å²) >= 11 is -2.83. The standard InChI is InChI=1S/C7H7.C6H10O7.Na.2H2O.Sb/c1-7-5-3-2-4-6-7;7-1-2(8)3(9)4(10)5(11)6(12)13;;;;/h3-6H,1H3;2-5,7,10-11H,1H2,(H,12,13);;2*1H2;/q;-2;+1;;;+2/p+2. The fraction of sp³-hybridized carbons (Fsp3) is 0.462. The van der Waals surface area contributed by atoms with Gasteiger partial charge in [0.25, 0.3) is 0 Å². The van der Waals surface area contributed by atoms with E-state index in [-0.39, 0.29) is 40.5 Å². The largest absolute Gasteiger partial charge is 1.00 e. The molecule has 0 amide bonds. The number of aryl methyl sites for hydroxylation is 1. The minimum atomic E-state index is -2.83. The molecular weight excluding hydrogens is 445 g/mol. The second-order valence-electron chi connectivity index (χ2n) is 4.76. The number of carboxylic acids is 1. The molecule has 9 nitrogen and oxygen atoms in total. The second-order valence-corrected chi connectivity index (χ2v) is 8.91. The van der Waals surface area contributed by atoms with E-state index in [1.807, 2.05) is 31.2 Å². The molecule has 0 radical (unpaired) electrons. The van der Waals surface area contributed by atoms with E-state index in [1.54, 1.807) is 0 Å². The minimum Gasteiger partial charge on any atom is -0.457 e. The Morgan fingerprint density at radius 3 is 2.21 bits per heavy atom. The van der Waals surface area contributed by atoms with Gasteiger partial charge in [0, 0.05) is 0 Å². The van der Waals surface area contributed by atoms with Gasteiger partial charge in [-0.1, -0.05) is 0 Å². The maximum atomic E-state index is 10.7. The zero-order chi connectivity index (χ0) is 15.6. The van der Waals surface area contributed by atoms with Gasteiger partial charge in [-0.2, -0.15) is 0 Å². The predicted molar refractivity (Wildman–Crippen MR) is 82.8 cm³/mol. The smallest absolute Gasteiger partial charge is 0.457 e. The van der Waals surface area contributed by atoms with E-state index < -0.39 is 58.0 Å². The summed E-state index contributed by atoms with van der Waals surface area (Å²) in [4.78, 5) is 10.7. The molecular formula is C13H23NaO9Sb+3. The Morgan fingerprint density at radius 1 is 1.21 bits per heavy atom. The zero-order valence-corrected chi connectivity index (χ0v) is 18.0. The third-order valence-corrected chi connectivity index (χ3v) is 7.77. The fourth-order valence-corrected chi connectivity index (χ4v) is 6.49. The first-order valence-corrected chi connectivity index (χ1v) is 9.70. The van der Waals surface area contributed by atoms with Gasteiger partial charge < -0.3 is 11.0 Å². The molecule has 1 aliphatic rings. The number of aliphatic carboxylic acids is 1. The number of rotatable bonds is 5. The van der Waals surface area contributed by atoms with Crippen LogP contribution in [0.25, 0.3) is 0 Å². The molecule has 1 fully saturated rings. The number of hydrogen-bond acceptors (Lipinski definition) is 6. The summed E-state index contributed by atoms with van der Waals surface area (Å²) in [5.74, 6) is -1.55. The zero-order valence-electron chi connectivity index (χ0n) is 13.4. The van der Waals surface area contributed by atoms with Gasteiger partial charge in [0.05, 0.1) is 0 Å². The van der Waals surface area contributed by atoms with Crippen molar-refractivity contribution in [3.63, 3.8) is 0 Å². The minimum absolute atomic E-state index is 0. The average molecular weight is 468 g/mol. The molecule has 11 heteroatoms. The van der Waals surface area contributed by atoms with Crippen LogP contribution in [0.1, 0.15) is 5.56 Å².